The van der Waals surface area contributed by atoms with Crippen molar-refractivity contribution in [2.45, 2.75) is 18.9 Å². The first-order valence-corrected chi connectivity index (χ1v) is 5.78. The zero-order valence-electron chi connectivity index (χ0n) is 10.3. The molecule has 19 heavy (non-hydrogen) atoms. The first kappa shape index (κ1) is 13.3. The van der Waals surface area contributed by atoms with Crippen LogP contribution in [-0.2, 0) is 4.74 Å². The van der Waals surface area contributed by atoms with Crippen molar-refractivity contribution in [1.82, 2.24) is 15.5 Å². The van der Waals surface area contributed by atoms with Crippen molar-refractivity contribution in [2.75, 3.05) is 20.3 Å². The van der Waals surface area contributed by atoms with Gasteiger partial charge in [-0.1, -0.05) is 0 Å². The molecule has 0 saturated heterocycles. The molecule has 1 heterocycles. The molecule has 2 rings (SSSR count). The maximum atomic E-state index is 11.8. The van der Waals surface area contributed by atoms with Crippen LogP contribution in [0.2, 0.25) is 0 Å². The Kier molecular flexibility index (Phi) is 3.95. The van der Waals surface area contributed by atoms with Crippen LogP contribution in [0, 0.1) is 10.1 Å². The number of nitro groups is 1. The molecule has 0 aliphatic heterocycles. The van der Waals surface area contributed by atoms with Gasteiger partial charge in [0.25, 0.3) is 5.91 Å². The molecule has 1 amide bonds. The Balaban J connectivity index is 2.13. The molecule has 1 aliphatic rings. The van der Waals surface area contributed by atoms with E-state index < -0.39 is 16.5 Å². The molecule has 0 bridgehead atoms. The highest BCUT2D eigenvalue weighted by molar-refractivity contribution is 5.97. The largest absolute Gasteiger partial charge is 0.469 e. The van der Waals surface area contributed by atoms with Gasteiger partial charge in [0.15, 0.2) is 0 Å². The summed E-state index contributed by atoms with van der Waals surface area (Å²) in [5.41, 5.74) is -0.640. The molecule has 1 aromatic heterocycles. The summed E-state index contributed by atoms with van der Waals surface area (Å²) in [6, 6.07) is 0.105. The number of aromatic amines is 1. The van der Waals surface area contributed by atoms with Crippen LogP contribution < -0.4 is 10.1 Å². The molecule has 0 unspecified atom stereocenters. The fourth-order valence-corrected chi connectivity index (χ4v) is 1.45. The lowest BCUT2D eigenvalue weighted by atomic mass is 10.3. The lowest BCUT2D eigenvalue weighted by molar-refractivity contribution is -0.386. The number of hydrogen-bond acceptors (Lipinski definition) is 6. The second-order valence-corrected chi connectivity index (χ2v) is 4.10. The standard InChI is InChI=1S/C10H14N4O5/c1-18-4-5-19-10-8(14(16)17)7(12-13-10)9(15)11-6-2-3-6/h6H,2-5H2,1H3,(H,11,15)(H,12,13). The Morgan fingerprint density at radius 1 is 1.58 bits per heavy atom. The maximum Gasteiger partial charge on any atom is 0.362 e. The van der Waals surface area contributed by atoms with Crippen LogP contribution in [0.4, 0.5) is 5.69 Å². The summed E-state index contributed by atoms with van der Waals surface area (Å²) in [7, 11) is 1.48. The van der Waals surface area contributed by atoms with Gasteiger partial charge in [0.05, 0.1) is 11.5 Å². The van der Waals surface area contributed by atoms with Crippen LogP contribution in [0.5, 0.6) is 5.88 Å². The highest BCUT2D eigenvalue weighted by Gasteiger charge is 2.33. The highest BCUT2D eigenvalue weighted by Crippen LogP contribution is 2.29. The zero-order valence-corrected chi connectivity index (χ0v) is 10.3. The van der Waals surface area contributed by atoms with Crippen molar-refractivity contribution in [1.29, 1.82) is 0 Å². The van der Waals surface area contributed by atoms with E-state index in [1.54, 1.807) is 0 Å². The summed E-state index contributed by atoms with van der Waals surface area (Å²) in [6.45, 7) is 0.388. The summed E-state index contributed by atoms with van der Waals surface area (Å²) in [5.74, 6) is -0.744. The Morgan fingerprint density at radius 3 is 2.89 bits per heavy atom. The topological polar surface area (TPSA) is 119 Å². The number of carbonyl (C=O) groups excluding carboxylic acids is 1. The molecular weight excluding hydrogens is 256 g/mol. The summed E-state index contributed by atoms with van der Waals surface area (Å²) in [4.78, 5) is 22.1. The summed E-state index contributed by atoms with van der Waals surface area (Å²) >= 11 is 0. The summed E-state index contributed by atoms with van der Waals surface area (Å²) < 4.78 is 9.87. The summed E-state index contributed by atoms with van der Waals surface area (Å²) in [6.07, 6.45) is 1.79. The number of amides is 1. The highest BCUT2D eigenvalue weighted by atomic mass is 16.6. The number of carbonyl (C=O) groups is 1. The average Bonchev–Trinajstić information content (AvgIpc) is 3.06. The predicted octanol–water partition coefficient (Wildman–Crippen LogP) is 0.235. The lowest BCUT2D eigenvalue weighted by Gasteiger charge is -2.01. The van der Waals surface area contributed by atoms with Gasteiger partial charge < -0.3 is 14.8 Å². The van der Waals surface area contributed by atoms with E-state index in [0.29, 0.717) is 0 Å². The Bertz CT molecular complexity index is 482. The fourth-order valence-electron chi connectivity index (χ4n) is 1.45. The van der Waals surface area contributed by atoms with Crippen molar-refractivity contribution in [3.05, 3.63) is 15.8 Å². The fraction of sp³-hybridized carbons (Fsp3) is 0.600. The molecule has 0 spiro atoms. The van der Waals surface area contributed by atoms with E-state index >= 15 is 0 Å². The third-order valence-corrected chi connectivity index (χ3v) is 2.56. The quantitative estimate of drug-likeness (QED) is 0.416. The third-order valence-electron chi connectivity index (χ3n) is 2.56. The van der Waals surface area contributed by atoms with E-state index in [1.807, 2.05) is 0 Å². The Morgan fingerprint density at radius 2 is 2.32 bits per heavy atom. The van der Waals surface area contributed by atoms with E-state index in [0.717, 1.165) is 12.8 Å². The molecule has 1 aromatic rings. The van der Waals surface area contributed by atoms with Gasteiger partial charge in [-0.15, -0.1) is 5.10 Å². The van der Waals surface area contributed by atoms with Gasteiger partial charge in [-0.2, -0.15) is 0 Å². The molecule has 1 saturated carbocycles. The molecule has 1 fully saturated rings. The number of methoxy groups -OCH3 is 1. The minimum Gasteiger partial charge on any atom is -0.469 e. The monoisotopic (exact) mass is 270 g/mol. The van der Waals surface area contributed by atoms with Crippen LogP contribution in [0.3, 0.4) is 0 Å². The number of rotatable bonds is 7. The summed E-state index contributed by atoms with van der Waals surface area (Å²) in [5, 5.41) is 19.6. The number of aromatic nitrogens is 2. The van der Waals surface area contributed by atoms with E-state index in [4.69, 9.17) is 9.47 Å². The minimum atomic E-state index is -0.687. The predicted molar refractivity (Wildman–Crippen MR) is 63.1 cm³/mol. The van der Waals surface area contributed by atoms with Crippen LogP contribution in [0.1, 0.15) is 23.3 Å². The number of nitrogens with zero attached hydrogens (tertiary/aromatic N) is 2. The van der Waals surface area contributed by atoms with E-state index in [2.05, 4.69) is 15.5 Å². The second-order valence-electron chi connectivity index (χ2n) is 4.10. The van der Waals surface area contributed by atoms with Crippen molar-refractivity contribution in [2.24, 2.45) is 0 Å². The molecule has 104 valence electrons. The average molecular weight is 270 g/mol. The second kappa shape index (κ2) is 5.65. The minimum absolute atomic E-state index is 0.105. The number of ether oxygens (including phenoxy) is 2. The molecule has 0 aromatic carbocycles. The van der Waals surface area contributed by atoms with Gasteiger partial charge in [0.1, 0.15) is 6.61 Å². The molecule has 0 radical (unpaired) electrons. The molecule has 0 atom stereocenters. The number of hydrogen-bond donors (Lipinski definition) is 2. The zero-order chi connectivity index (χ0) is 13.8. The van der Waals surface area contributed by atoms with Crippen LogP contribution in [0.15, 0.2) is 0 Å². The van der Waals surface area contributed by atoms with Crippen LogP contribution >= 0.6 is 0 Å². The van der Waals surface area contributed by atoms with Gasteiger partial charge in [0.2, 0.25) is 5.69 Å². The smallest absolute Gasteiger partial charge is 0.362 e. The van der Waals surface area contributed by atoms with Gasteiger partial charge >= 0.3 is 11.6 Å². The van der Waals surface area contributed by atoms with Crippen molar-refractivity contribution in [3.8, 4) is 5.88 Å². The molecule has 9 heteroatoms. The SMILES string of the molecule is COCCOc1n[nH]c(C(=O)NC2CC2)c1[N+](=O)[O-]. The molecular formula is C10H14N4O5. The Hall–Kier alpha value is -2.16. The van der Waals surface area contributed by atoms with E-state index in [1.165, 1.54) is 7.11 Å². The van der Waals surface area contributed by atoms with Gasteiger partial charge in [-0.25, -0.2) is 0 Å². The van der Waals surface area contributed by atoms with Crippen molar-refractivity contribution >= 4 is 11.6 Å². The first-order chi connectivity index (χ1) is 9.13. The van der Waals surface area contributed by atoms with Gasteiger partial charge in [0, 0.05) is 13.2 Å². The van der Waals surface area contributed by atoms with Gasteiger partial charge in [-0.05, 0) is 12.8 Å². The maximum absolute atomic E-state index is 11.8. The molecule has 1 aliphatic carbocycles. The normalized spacial score (nSPS) is 14.2. The van der Waals surface area contributed by atoms with Crippen LogP contribution in [-0.4, -0.2) is 47.4 Å². The van der Waals surface area contributed by atoms with E-state index in [9.17, 15) is 14.9 Å². The number of H-pyrrole nitrogens is 1. The van der Waals surface area contributed by atoms with Gasteiger partial charge in [-0.3, -0.25) is 20.0 Å². The third kappa shape index (κ3) is 3.19. The van der Waals surface area contributed by atoms with Crippen molar-refractivity contribution < 1.29 is 19.2 Å². The van der Waals surface area contributed by atoms with E-state index in [-0.39, 0.29) is 30.8 Å². The van der Waals surface area contributed by atoms with Crippen LogP contribution in [0.25, 0.3) is 0 Å². The Labute approximate surface area is 108 Å². The lowest BCUT2D eigenvalue weighted by Crippen LogP contribution is -2.26. The first-order valence-electron chi connectivity index (χ1n) is 5.78. The molecule has 9 nitrogen and oxygen atoms in total. The van der Waals surface area contributed by atoms with Crippen molar-refractivity contribution in [3.63, 3.8) is 0 Å². The molecule has 2 N–H and O–H groups in total. The number of nitrogens with one attached hydrogen (secondary N) is 2.